The van der Waals surface area contributed by atoms with Gasteiger partial charge in [0.25, 0.3) is 13.4 Å². The number of benzene rings is 9. The number of fused-ring (bicyclic) bond motifs is 18. The van der Waals surface area contributed by atoms with Gasteiger partial charge in [-0.15, -0.1) is 22.7 Å². The molecule has 0 saturated carbocycles. The lowest BCUT2D eigenvalue weighted by molar-refractivity contribution is 0.310. The number of hydrogen-bond donors (Lipinski definition) is 0. The Balaban J connectivity index is 0.927. The van der Waals surface area contributed by atoms with Gasteiger partial charge in [-0.2, -0.15) is 0 Å². The molecule has 6 bridgehead atoms. The van der Waals surface area contributed by atoms with Crippen LogP contribution in [-0.2, 0) is 22.7 Å². The molecule has 0 saturated heterocycles. The lowest BCUT2D eigenvalue weighted by Gasteiger charge is -2.47. The smallest absolute Gasteiger partial charge is 0.266 e. The number of allylic oxidation sites excluding steroid dienone is 4. The number of anilines is 14. The molecule has 11 heteroatoms. The predicted octanol–water partition coefficient (Wildman–Crippen LogP) is 18.9. The molecular weight excluding hydrogens is 1220 g/mol. The molecule has 13 aromatic rings. The fourth-order valence-electron chi connectivity index (χ4n) is 18.1. The van der Waals surface area contributed by atoms with Gasteiger partial charge in [0.1, 0.15) is 23.3 Å². The van der Waals surface area contributed by atoms with Crippen LogP contribution in [0.3, 0.4) is 0 Å². The van der Waals surface area contributed by atoms with Crippen LogP contribution in [0.25, 0.3) is 20.2 Å². The van der Waals surface area contributed by atoms with Crippen molar-refractivity contribution in [1.29, 1.82) is 0 Å². The second-order valence-electron chi connectivity index (χ2n) is 29.3. The molecule has 466 valence electrons. The first-order chi connectivity index (χ1) is 47.4. The van der Waals surface area contributed by atoms with Gasteiger partial charge in [0.05, 0.1) is 5.69 Å². The maximum absolute atomic E-state index is 6.27. The molecule has 2 atom stereocenters. The second-order valence-corrected chi connectivity index (χ2v) is 31.5. The minimum Gasteiger partial charge on any atom is -0.310 e. The fraction of sp³-hybridized carbons (Fsp3) is 0.163. The summed E-state index contributed by atoms with van der Waals surface area (Å²) in [7, 11) is 0. The molecule has 5 aliphatic heterocycles. The molecule has 2 unspecified atom stereocenters. The van der Waals surface area contributed by atoms with Gasteiger partial charge in [0, 0.05) is 93.8 Å². The van der Waals surface area contributed by atoms with Crippen LogP contribution in [0.1, 0.15) is 88.6 Å². The van der Waals surface area contributed by atoms with Gasteiger partial charge in [0.15, 0.2) is 0 Å². The topological polar surface area (TPSA) is 42.0 Å². The van der Waals surface area contributed by atoms with E-state index in [0.29, 0.717) is 0 Å². The molecular formula is C86H69B2N7S2. The molecule has 7 aliphatic rings. The van der Waals surface area contributed by atoms with Crippen molar-refractivity contribution < 1.29 is 0 Å². The van der Waals surface area contributed by atoms with Crippen molar-refractivity contribution in [2.24, 2.45) is 5.92 Å². The molecule has 20 rings (SSSR count). The first-order valence-electron chi connectivity index (χ1n) is 34.5. The van der Waals surface area contributed by atoms with E-state index in [2.05, 4.69) is 321 Å². The van der Waals surface area contributed by atoms with Crippen molar-refractivity contribution in [3.05, 3.63) is 288 Å². The van der Waals surface area contributed by atoms with Crippen molar-refractivity contribution in [1.82, 2.24) is 9.97 Å². The van der Waals surface area contributed by atoms with E-state index in [4.69, 9.17) is 9.97 Å². The Bertz CT molecular complexity index is 5530. The number of rotatable bonds is 6. The number of para-hydroxylation sites is 4. The van der Waals surface area contributed by atoms with E-state index in [1.165, 1.54) is 96.5 Å². The van der Waals surface area contributed by atoms with Crippen LogP contribution in [0.4, 0.5) is 80.1 Å². The minimum atomic E-state index is -0.422. The predicted molar refractivity (Wildman–Crippen MR) is 412 cm³/mol. The monoisotopic (exact) mass is 1290 g/mol. The van der Waals surface area contributed by atoms with Crippen LogP contribution >= 0.6 is 22.7 Å². The molecule has 0 N–H and O–H groups in total. The molecule has 0 fully saturated rings. The molecule has 7 nitrogen and oxygen atoms in total. The van der Waals surface area contributed by atoms with Crippen molar-refractivity contribution in [3.63, 3.8) is 0 Å². The van der Waals surface area contributed by atoms with Crippen LogP contribution in [0.2, 0.25) is 0 Å². The zero-order valence-electron chi connectivity index (χ0n) is 55.3. The Hall–Kier alpha value is -10.2. The van der Waals surface area contributed by atoms with Crippen LogP contribution in [-0.4, -0.2) is 23.4 Å². The first-order valence-corrected chi connectivity index (χ1v) is 36.1. The Morgan fingerprint density at radius 2 is 1.08 bits per heavy atom. The summed E-state index contributed by atoms with van der Waals surface area (Å²) in [6.07, 6.45) is 10.9. The summed E-state index contributed by atoms with van der Waals surface area (Å²) in [5.41, 5.74) is 23.7. The SMILES string of the molecule is CC1CC=CC=C1N(c1ccccc1)c1cc2c3c(n1)N(c1ccccc1)c1cc4c(cc1B3c1sc3ccccc3c1C2(C)C)B1c2sc3ccccc3c2N2c3ccc5c(c3)C(C)(CCC5(C)C)Cc3cccc(c3)N(c3ccccc3)c3cc2c1c(n3)N4c1ccccc1. The van der Waals surface area contributed by atoms with Crippen molar-refractivity contribution in [3.8, 4) is 0 Å². The summed E-state index contributed by atoms with van der Waals surface area (Å²) >= 11 is 3.93. The maximum atomic E-state index is 6.27. The molecule has 0 amide bonds. The lowest BCUT2D eigenvalue weighted by Crippen LogP contribution is -2.66. The van der Waals surface area contributed by atoms with E-state index in [9.17, 15) is 0 Å². The van der Waals surface area contributed by atoms with E-state index >= 15 is 0 Å². The van der Waals surface area contributed by atoms with Crippen molar-refractivity contribution in [2.45, 2.75) is 83.5 Å². The average molecular weight is 1290 g/mol. The highest BCUT2D eigenvalue weighted by Crippen LogP contribution is 2.56. The van der Waals surface area contributed by atoms with Gasteiger partial charge in [-0.25, -0.2) is 9.97 Å². The molecule has 9 aromatic carbocycles. The first kappa shape index (κ1) is 57.1. The summed E-state index contributed by atoms with van der Waals surface area (Å²) in [4.78, 5) is 25.1. The Kier molecular flexibility index (Phi) is 12.3. The fourth-order valence-corrected chi connectivity index (χ4v) is 20.9. The van der Waals surface area contributed by atoms with Crippen molar-refractivity contribution in [2.75, 3.05) is 24.5 Å². The minimum absolute atomic E-state index is 0.00867. The van der Waals surface area contributed by atoms with E-state index in [1.807, 2.05) is 22.7 Å². The number of thiophene rings is 2. The number of aromatic nitrogens is 2. The number of hydrogen-bond acceptors (Lipinski definition) is 9. The summed E-state index contributed by atoms with van der Waals surface area (Å²) < 4.78 is 5.30. The molecule has 0 radical (unpaired) electrons. The van der Waals surface area contributed by atoms with Gasteiger partial charge in [-0.1, -0.05) is 187 Å². The van der Waals surface area contributed by atoms with Crippen molar-refractivity contribution >= 4 is 168 Å². The molecule has 0 spiro atoms. The van der Waals surface area contributed by atoms with Gasteiger partial charge >= 0.3 is 0 Å². The molecule has 97 heavy (non-hydrogen) atoms. The number of pyridine rings is 2. The second kappa shape index (κ2) is 20.9. The van der Waals surface area contributed by atoms with Gasteiger partial charge < -0.3 is 4.90 Å². The Morgan fingerprint density at radius 1 is 0.485 bits per heavy atom. The molecule has 9 heterocycles. The van der Waals surface area contributed by atoms with Crippen LogP contribution in [0, 0.1) is 5.92 Å². The summed E-state index contributed by atoms with van der Waals surface area (Å²) in [6.45, 7) is 14.4. The third-order valence-corrected chi connectivity index (χ3v) is 25.2. The van der Waals surface area contributed by atoms with Crippen LogP contribution in [0.15, 0.2) is 261 Å². The lowest BCUT2D eigenvalue weighted by atomic mass is 9.31. The highest BCUT2D eigenvalue weighted by molar-refractivity contribution is 7.34. The van der Waals surface area contributed by atoms with Crippen LogP contribution < -0.4 is 55.9 Å². The third kappa shape index (κ3) is 8.28. The van der Waals surface area contributed by atoms with E-state index < -0.39 is 5.41 Å². The zero-order valence-corrected chi connectivity index (χ0v) is 56.9. The number of nitrogens with zero attached hydrogens (tertiary/aromatic N) is 7. The highest BCUT2D eigenvalue weighted by Gasteiger charge is 2.53. The van der Waals surface area contributed by atoms with Gasteiger partial charge in [-0.3, -0.25) is 19.6 Å². The van der Waals surface area contributed by atoms with E-state index in [0.717, 1.165) is 94.5 Å². The highest BCUT2D eigenvalue weighted by atomic mass is 32.1. The standard InChI is InChI=1S/C86H69B2N7S2/c1-53-26-19-22-39-68(53)92(56-30-13-8-14-31-56)74-48-65-77-82(89-74)94(57-32-15-9-16-33-57)69-50-70-67(49-66(69)87(77)80-76(85(65,4)5)61-37-20-23-40-72(61)96-80)88-78-71-51-75(90-83(78)95(70)58-34-17-10-18-35-58)91(55-28-11-7-12-29-55)59-36-25-27-54(46-59)52-86(6)45-44-84(2,3)63-43-42-60(47-64(63)86)93(71)79-62-38-21-24-41-73(62)97-81(79)88/h7-25,27-43,46-51,53H,26,44-45,52H2,1-6H3. The third-order valence-electron chi connectivity index (χ3n) is 22.7. The summed E-state index contributed by atoms with van der Waals surface area (Å²) in [6, 6.07) is 89.6. The Morgan fingerprint density at radius 3 is 1.78 bits per heavy atom. The van der Waals surface area contributed by atoms with Crippen LogP contribution in [0.5, 0.6) is 0 Å². The average Bonchev–Trinajstić information content (AvgIpc) is 1.67. The summed E-state index contributed by atoms with van der Waals surface area (Å²) in [5.74, 6) is 3.89. The maximum Gasteiger partial charge on any atom is 0.266 e. The molecule has 2 aliphatic carbocycles. The Labute approximate surface area is 576 Å². The van der Waals surface area contributed by atoms with E-state index in [-0.39, 0.29) is 30.2 Å². The van der Waals surface area contributed by atoms with Gasteiger partial charge in [0.2, 0.25) is 0 Å². The normalized spacial score (nSPS) is 18.5. The molecule has 4 aromatic heterocycles. The zero-order chi connectivity index (χ0) is 64.8. The summed E-state index contributed by atoms with van der Waals surface area (Å²) in [5, 5.41) is 2.58. The van der Waals surface area contributed by atoms with E-state index in [1.54, 1.807) is 0 Å². The van der Waals surface area contributed by atoms with Gasteiger partial charge in [-0.05, 0) is 199 Å². The largest absolute Gasteiger partial charge is 0.310 e. The quantitative estimate of drug-likeness (QED) is 0.154.